The second-order valence-electron chi connectivity index (χ2n) is 2.39. The molecule has 0 saturated heterocycles. The number of halogens is 1. The summed E-state index contributed by atoms with van der Waals surface area (Å²) in [6.45, 7) is 2.15. The first-order valence-corrected chi connectivity index (χ1v) is 4.21. The van der Waals surface area contributed by atoms with E-state index >= 15 is 0 Å². The van der Waals surface area contributed by atoms with Gasteiger partial charge in [-0.15, -0.1) is 4.91 Å². The highest BCUT2D eigenvalue weighted by molar-refractivity contribution is 6.20. The Hall–Kier alpha value is -0.110. The van der Waals surface area contributed by atoms with Gasteiger partial charge in [-0.3, -0.25) is 0 Å². The van der Waals surface area contributed by atoms with Gasteiger partial charge in [-0.05, 0) is 12.8 Å². The summed E-state index contributed by atoms with van der Waals surface area (Å²) in [7, 11) is 0. The maximum absolute atomic E-state index is 9.79. The zero-order valence-corrected chi connectivity index (χ0v) is 7.10. The summed E-state index contributed by atoms with van der Waals surface area (Å²) in [5, 5.41) is 2.70. The Bertz CT molecular complexity index is 87.7. The average molecular weight is 164 g/mol. The van der Waals surface area contributed by atoms with E-state index in [1.807, 2.05) is 0 Å². The molecule has 0 fully saturated rings. The Kier molecular flexibility index (Phi) is 6.93. The van der Waals surface area contributed by atoms with Gasteiger partial charge in [0.15, 0.2) is 5.50 Å². The zero-order valence-electron chi connectivity index (χ0n) is 6.35. The molecular weight excluding hydrogens is 150 g/mol. The van der Waals surface area contributed by atoms with Gasteiger partial charge in [0.25, 0.3) is 0 Å². The van der Waals surface area contributed by atoms with Crippen molar-refractivity contribution < 1.29 is 0 Å². The van der Waals surface area contributed by atoms with Gasteiger partial charge in [-0.25, -0.2) is 0 Å². The van der Waals surface area contributed by atoms with E-state index in [0.29, 0.717) is 0 Å². The van der Waals surface area contributed by atoms with Crippen molar-refractivity contribution in [3.8, 4) is 0 Å². The van der Waals surface area contributed by atoms with Crippen LogP contribution in [-0.2, 0) is 0 Å². The van der Waals surface area contributed by atoms with Crippen LogP contribution in [0, 0.1) is 4.91 Å². The fourth-order valence-corrected chi connectivity index (χ4v) is 0.947. The lowest BCUT2D eigenvalue weighted by Gasteiger charge is -1.98. The van der Waals surface area contributed by atoms with Gasteiger partial charge in [-0.1, -0.05) is 43.0 Å². The SMILES string of the molecule is CCCCCCC(Cl)N=O. The second-order valence-corrected chi connectivity index (χ2v) is 2.89. The van der Waals surface area contributed by atoms with Crippen molar-refractivity contribution in [2.75, 3.05) is 0 Å². The van der Waals surface area contributed by atoms with Crippen molar-refractivity contribution in [3.05, 3.63) is 4.91 Å². The minimum atomic E-state index is -0.503. The molecule has 10 heavy (non-hydrogen) atoms. The Morgan fingerprint density at radius 2 is 2.10 bits per heavy atom. The largest absolute Gasteiger partial charge is 0.165 e. The van der Waals surface area contributed by atoms with E-state index in [1.54, 1.807) is 0 Å². The second kappa shape index (κ2) is 7.00. The van der Waals surface area contributed by atoms with Gasteiger partial charge in [-0.2, -0.15) is 0 Å². The van der Waals surface area contributed by atoms with Crippen LogP contribution in [0.1, 0.15) is 39.0 Å². The third-order valence-electron chi connectivity index (χ3n) is 1.41. The third-order valence-corrected chi connectivity index (χ3v) is 1.71. The van der Waals surface area contributed by atoms with Crippen molar-refractivity contribution in [2.24, 2.45) is 5.18 Å². The van der Waals surface area contributed by atoms with E-state index in [4.69, 9.17) is 11.6 Å². The number of nitrogens with zero attached hydrogens (tertiary/aromatic N) is 1. The zero-order chi connectivity index (χ0) is 7.82. The van der Waals surface area contributed by atoms with Gasteiger partial charge in [0.1, 0.15) is 0 Å². The number of unbranched alkanes of at least 4 members (excludes halogenated alkanes) is 3. The fourth-order valence-electron chi connectivity index (χ4n) is 0.792. The van der Waals surface area contributed by atoms with Crippen molar-refractivity contribution in [2.45, 2.75) is 44.5 Å². The molecular formula is C7H14ClNO. The third kappa shape index (κ3) is 6.02. The minimum Gasteiger partial charge on any atom is -0.149 e. The average Bonchev–Trinajstić information content (AvgIpc) is 1.98. The van der Waals surface area contributed by atoms with E-state index in [-0.39, 0.29) is 0 Å². The highest BCUT2D eigenvalue weighted by atomic mass is 35.5. The molecule has 0 rings (SSSR count). The summed E-state index contributed by atoms with van der Waals surface area (Å²) in [4.78, 5) is 9.79. The first-order valence-electron chi connectivity index (χ1n) is 3.77. The lowest BCUT2D eigenvalue weighted by Crippen LogP contribution is -1.91. The molecule has 60 valence electrons. The van der Waals surface area contributed by atoms with Crippen molar-refractivity contribution >= 4 is 11.6 Å². The van der Waals surface area contributed by atoms with Crippen LogP contribution in [0.15, 0.2) is 5.18 Å². The van der Waals surface area contributed by atoms with Crippen LogP contribution in [-0.4, -0.2) is 5.50 Å². The first kappa shape index (κ1) is 9.89. The normalized spacial score (nSPS) is 13.0. The summed E-state index contributed by atoms with van der Waals surface area (Å²) in [5.41, 5.74) is -0.503. The van der Waals surface area contributed by atoms with Crippen LogP contribution >= 0.6 is 11.6 Å². The summed E-state index contributed by atoms with van der Waals surface area (Å²) in [5.74, 6) is 0. The highest BCUT2D eigenvalue weighted by Gasteiger charge is 2.00. The molecule has 3 heteroatoms. The van der Waals surface area contributed by atoms with E-state index in [1.165, 1.54) is 12.8 Å². The van der Waals surface area contributed by atoms with Gasteiger partial charge < -0.3 is 0 Å². The topological polar surface area (TPSA) is 29.4 Å². The molecule has 0 spiro atoms. The molecule has 1 unspecified atom stereocenters. The molecule has 0 bridgehead atoms. The molecule has 0 aromatic carbocycles. The van der Waals surface area contributed by atoms with Crippen LogP contribution < -0.4 is 0 Å². The molecule has 0 aliphatic heterocycles. The van der Waals surface area contributed by atoms with Crippen LogP contribution in [0.5, 0.6) is 0 Å². The molecule has 0 aromatic rings. The van der Waals surface area contributed by atoms with Crippen LogP contribution in [0.2, 0.25) is 0 Å². The van der Waals surface area contributed by atoms with Gasteiger partial charge in [0, 0.05) is 0 Å². The Morgan fingerprint density at radius 1 is 1.40 bits per heavy atom. The van der Waals surface area contributed by atoms with E-state index in [2.05, 4.69) is 12.1 Å². The monoisotopic (exact) mass is 163 g/mol. The van der Waals surface area contributed by atoms with Gasteiger partial charge >= 0.3 is 0 Å². The Labute approximate surface area is 66.9 Å². The molecule has 0 aliphatic carbocycles. The molecule has 0 amide bonds. The molecule has 1 atom stereocenters. The number of hydrogen-bond acceptors (Lipinski definition) is 2. The smallest absolute Gasteiger partial charge is 0.149 e. The maximum atomic E-state index is 9.79. The molecule has 0 N–H and O–H groups in total. The van der Waals surface area contributed by atoms with Crippen LogP contribution in [0.25, 0.3) is 0 Å². The molecule has 0 saturated carbocycles. The van der Waals surface area contributed by atoms with Crippen molar-refractivity contribution in [1.29, 1.82) is 0 Å². The number of hydrogen-bond donors (Lipinski definition) is 0. The number of nitroso groups, excluding NO2 is 1. The molecule has 0 aromatic heterocycles. The van der Waals surface area contributed by atoms with E-state index in [0.717, 1.165) is 19.3 Å². The summed E-state index contributed by atoms with van der Waals surface area (Å²) >= 11 is 5.47. The summed E-state index contributed by atoms with van der Waals surface area (Å²) in [6, 6.07) is 0. The highest BCUT2D eigenvalue weighted by Crippen LogP contribution is 2.10. The van der Waals surface area contributed by atoms with Crippen molar-refractivity contribution in [1.82, 2.24) is 0 Å². The fraction of sp³-hybridized carbons (Fsp3) is 1.00. The Balaban J connectivity index is 2.95. The van der Waals surface area contributed by atoms with E-state index in [9.17, 15) is 4.91 Å². The molecule has 0 radical (unpaired) electrons. The molecule has 0 aliphatic rings. The number of alkyl halides is 1. The standard InChI is InChI=1S/C7H14ClNO/c1-2-3-4-5-6-7(8)9-10/h7H,2-6H2,1H3. The maximum Gasteiger partial charge on any atom is 0.165 e. The van der Waals surface area contributed by atoms with Gasteiger partial charge in [0.05, 0.1) is 0 Å². The summed E-state index contributed by atoms with van der Waals surface area (Å²) in [6.07, 6.45) is 5.35. The Morgan fingerprint density at radius 3 is 2.60 bits per heavy atom. The predicted octanol–water partition coefficient (Wildman–Crippen LogP) is 3.29. The van der Waals surface area contributed by atoms with Gasteiger partial charge in [0.2, 0.25) is 0 Å². The van der Waals surface area contributed by atoms with Crippen LogP contribution in [0.3, 0.4) is 0 Å². The predicted molar refractivity (Wildman–Crippen MR) is 44.2 cm³/mol. The first-order chi connectivity index (χ1) is 4.81. The lowest BCUT2D eigenvalue weighted by atomic mass is 10.1. The minimum absolute atomic E-state index is 0.503. The molecule has 2 nitrogen and oxygen atoms in total. The van der Waals surface area contributed by atoms with E-state index < -0.39 is 5.50 Å². The van der Waals surface area contributed by atoms with Crippen LogP contribution in [0.4, 0.5) is 0 Å². The number of rotatable bonds is 6. The summed E-state index contributed by atoms with van der Waals surface area (Å²) < 4.78 is 0. The molecule has 0 heterocycles. The quantitative estimate of drug-likeness (QED) is 0.256. The lowest BCUT2D eigenvalue weighted by molar-refractivity contribution is 0.620. The van der Waals surface area contributed by atoms with Crippen molar-refractivity contribution in [3.63, 3.8) is 0 Å².